The Morgan fingerprint density at radius 1 is 1.47 bits per heavy atom. The third-order valence-electron chi connectivity index (χ3n) is 2.63. The number of unbranched alkanes of at least 4 members (excludes halogenated alkanes) is 2. The predicted octanol–water partition coefficient (Wildman–Crippen LogP) is 2.10. The van der Waals surface area contributed by atoms with Gasteiger partial charge in [-0.25, -0.2) is 4.79 Å². The molecule has 0 atom stereocenters. The van der Waals surface area contributed by atoms with Crippen LogP contribution < -0.4 is 5.32 Å². The molecule has 102 valence electrons. The Balaban J connectivity index is 2.36. The van der Waals surface area contributed by atoms with Crippen molar-refractivity contribution >= 4 is 11.9 Å². The standard InChI is InChI=1S/C14H17NO4/c1-3-4-5-6-7-13(16)15-9-11-8-12(14(17)18)10(2)19-11/h1,8H,4-7,9H2,2H3,(H,15,16)(H,17,18). The van der Waals surface area contributed by atoms with E-state index in [1.807, 2.05) is 0 Å². The number of furan rings is 1. The summed E-state index contributed by atoms with van der Waals surface area (Å²) >= 11 is 0. The van der Waals surface area contributed by atoms with E-state index in [1.165, 1.54) is 6.07 Å². The van der Waals surface area contributed by atoms with Gasteiger partial charge in [0.25, 0.3) is 0 Å². The van der Waals surface area contributed by atoms with E-state index < -0.39 is 5.97 Å². The van der Waals surface area contributed by atoms with Crippen LogP contribution in [0, 0.1) is 19.3 Å². The highest BCUT2D eigenvalue weighted by Crippen LogP contribution is 2.14. The zero-order chi connectivity index (χ0) is 14.3. The van der Waals surface area contributed by atoms with E-state index in [1.54, 1.807) is 6.92 Å². The molecule has 0 saturated heterocycles. The molecule has 1 aromatic heterocycles. The summed E-state index contributed by atoms with van der Waals surface area (Å²) in [5.74, 6) is 2.16. The molecule has 0 saturated carbocycles. The molecule has 2 N–H and O–H groups in total. The van der Waals surface area contributed by atoms with Crippen LogP contribution in [0.5, 0.6) is 0 Å². The zero-order valence-electron chi connectivity index (χ0n) is 10.9. The Bertz CT molecular complexity index is 496. The maximum atomic E-state index is 11.5. The number of terminal acetylenes is 1. The van der Waals surface area contributed by atoms with Crippen LogP contribution in [0.3, 0.4) is 0 Å². The summed E-state index contributed by atoms with van der Waals surface area (Å²) in [6.07, 6.45) is 7.76. The molecule has 1 aromatic rings. The topological polar surface area (TPSA) is 79.5 Å². The fraction of sp³-hybridized carbons (Fsp3) is 0.429. The molecular weight excluding hydrogens is 246 g/mol. The van der Waals surface area contributed by atoms with Gasteiger partial charge in [-0.3, -0.25) is 4.79 Å². The van der Waals surface area contributed by atoms with E-state index in [0.29, 0.717) is 24.4 Å². The fourth-order valence-electron chi connectivity index (χ4n) is 1.63. The second-order valence-corrected chi connectivity index (χ2v) is 4.18. The summed E-state index contributed by atoms with van der Waals surface area (Å²) in [6.45, 7) is 1.77. The Kier molecular flexibility index (Phi) is 5.68. The van der Waals surface area contributed by atoms with Crippen molar-refractivity contribution in [1.29, 1.82) is 0 Å². The number of aromatic carboxylic acids is 1. The molecule has 0 radical (unpaired) electrons. The van der Waals surface area contributed by atoms with Crippen LogP contribution in [0.1, 0.15) is 47.6 Å². The smallest absolute Gasteiger partial charge is 0.339 e. The quantitative estimate of drug-likeness (QED) is 0.583. The Morgan fingerprint density at radius 2 is 2.21 bits per heavy atom. The summed E-state index contributed by atoms with van der Waals surface area (Å²) in [5.41, 5.74) is 0.123. The molecule has 1 heterocycles. The number of carboxylic acids is 1. The minimum Gasteiger partial charge on any atom is -0.478 e. The van der Waals surface area contributed by atoms with Crippen LogP contribution in [0.15, 0.2) is 10.5 Å². The van der Waals surface area contributed by atoms with Gasteiger partial charge < -0.3 is 14.8 Å². The van der Waals surface area contributed by atoms with Crippen molar-refractivity contribution in [3.8, 4) is 12.3 Å². The largest absolute Gasteiger partial charge is 0.478 e. The van der Waals surface area contributed by atoms with Gasteiger partial charge in [0, 0.05) is 12.8 Å². The molecule has 1 amide bonds. The van der Waals surface area contributed by atoms with Crippen molar-refractivity contribution in [3.05, 3.63) is 23.2 Å². The van der Waals surface area contributed by atoms with E-state index in [2.05, 4.69) is 11.2 Å². The highest BCUT2D eigenvalue weighted by Gasteiger charge is 2.13. The molecule has 0 aliphatic heterocycles. The van der Waals surface area contributed by atoms with E-state index in [0.717, 1.165) is 12.8 Å². The van der Waals surface area contributed by atoms with Gasteiger partial charge >= 0.3 is 5.97 Å². The van der Waals surface area contributed by atoms with Gasteiger partial charge in [0.2, 0.25) is 5.91 Å². The molecule has 19 heavy (non-hydrogen) atoms. The third-order valence-corrected chi connectivity index (χ3v) is 2.63. The number of aryl methyl sites for hydroxylation is 1. The van der Waals surface area contributed by atoms with Gasteiger partial charge in [0.15, 0.2) is 0 Å². The van der Waals surface area contributed by atoms with E-state index >= 15 is 0 Å². The number of nitrogens with one attached hydrogen (secondary N) is 1. The summed E-state index contributed by atoms with van der Waals surface area (Å²) in [5, 5.41) is 11.5. The van der Waals surface area contributed by atoms with E-state index in [4.69, 9.17) is 15.9 Å². The number of carboxylic acid groups (broad SMARTS) is 1. The zero-order valence-corrected chi connectivity index (χ0v) is 10.9. The van der Waals surface area contributed by atoms with Crippen LogP contribution in [0.25, 0.3) is 0 Å². The monoisotopic (exact) mass is 263 g/mol. The second kappa shape index (κ2) is 7.27. The van der Waals surface area contributed by atoms with Crippen LogP contribution in [-0.4, -0.2) is 17.0 Å². The maximum Gasteiger partial charge on any atom is 0.339 e. The summed E-state index contributed by atoms with van der Waals surface area (Å²) in [7, 11) is 0. The van der Waals surface area contributed by atoms with Crippen LogP contribution in [0.4, 0.5) is 0 Å². The van der Waals surface area contributed by atoms with Crippen molar-refractivity contribution in [1.82, 2.24) is 5.32 Å². The van der Waals surface area contributed by atoms with Crippen LogP contribution >= 0.6 is 0 Å². The first-order valence-electron chi connectivity index (χ1n) is 6.07. The molecule has 0 aromatic carbocycles. The van der Waals surface area contributed by atoms with Crippen molar-refractivity contribution in [3.63, 3.8) is 0 Å². The highest BCUT2D eigenvalue weighted by atomic mass is 16.4. The minimum absolute atomic E-state index is 0.0945. The molecule has 0 aliphatic rings. The van der Waals surface area contributed by atoms with Gasteiger partial charge in [-0.05, 0) is 25.8 Å². The van der Waals surface area contributed by atoms with Crippen molar-refractivity contribution in [2.24, 2.45) is 0 Å². The Hall–Kier alpha value is -2.22. The lowest BCUT2D eigenvalue weighted by atomic mass is 10.2. The van der Waals surface area contributed by atoms with Crippen molar-refractivity contribution in [2.45, 2.75) is 39.2 Å². The normalized spacial score (nSPS) is 9.89. The average Bonchev–Trinajstić information content (AvgIpc) is 2.74. The first-order chi connectivity index (χ1) is 9.04. The summed E-state index contributed by atoms with van der Waals surface area (Å²) in [6, 6.07) is 1.43. The molecule has 0 spiro atoms. The number of carbonyl (C=O) groups excluding carboxylic acids is 1. The number of hydrogen-bond donors (Lipinski definition) is 2. The number of amides is 1. The first-order valence-corrected chi connectivity index (χ1v) is 6.07. The Morgan fingerprint density at radius 3 is 2.79 bits per heavy atom. The maximum absolute atomic E-state index is 11.5. The van der Waals surface area contributed by atoms with E-state index in [-0.39, 0.29) is 18.0 Å². The van der Waals surface area contributed by atoms with Gasteiger partial charge in [0.1, 0.15) is 17.1 Å². The third kappa shape index (κ3) is 4.88. The van der Waals surface area contributed by atoms with Crippen LogP contribution in [0.2, 0.25) is 0 Å². The molecule has 5 heteroatoms. The molecule has 0 aliphatic carbocycles. The molecule has 5 nitrogen and oxygen atoms in total. The number of carbonyl (C=O) groups is 2. The van der Waals surface area contributed by atoms with Gasteiger partial charge in [-0.15, -0.1) is 12.3 Å². The number of hydrogen-bond acceptors (Lipinski definition) is 3. The molecule has 1 rings (SSSR count). The van der Waals surface area contributed by atoms with Crippen molar-refractivity contribution < 1.29 is 19.1 Å². The Labute approximate surface area is 112 Å². The summed E-state index contributed by atoms with van der Waals surface area (Å²) < 4.78 is 5.25. The lowest BCUT2D eigenvalue weighted by Crippen LogP contribution is -2.22. The molecule has 0 fully saturated rings. The minimum atomic E-state index is -1.03. The average molecular weight is 263 g/mol. The van der Waals surface area contributed by atoms with Gasteiger partial charge in [0.05, 0.1) is 6.54 Å². The lowest BCUT2D eigenvalue weighted by Gasteiger charge is -2.02. The van der Waals surface area contributed by atoms with Gasteiger partial charge in [-0.1, -0.05) is 0 Å². The predicted molar refractivity (Wildman–Crippen MR) is 69.6 cm³/mol. The molecule has 0 bridgehead atoms. The fourth-order valence-corrected chi connectivity index (χ4v) is 1.63. The van der Waals surface area contributed by atoms with Crippen LogP contribution in [-0.2, 0) is 11.3 Å². The van der Waals surface area contributed by atoms with Gasteiger partial charge in [-0.2, -0.15) is 0 Å². The summed E-state index contributed by atoms with van der Waals surface area (Å²) in [4.78, 5) is 22.3. The SMILES string of the molecule is C#CCCCCC(=O)NCc1cc(C(=O)O)c(C)o1. The molecular formula is C14H17NO4. The molecule has 0 unspecified atom stereocenters. The highest BCUT2D eigenvalue weighted by molar-refractivity contribution is 5.88. The van der Waals surface area contributed by atoms with E-state index in [9.17, 15) is 9.59 Å². The van der Waals surface area contributed by atoms with Crippen molar-refractivity contribution in [2.75, 3.05) is 0 Å². The number of rotatable bonds is 7. The lowest BCUT2D eigenvalue weighted by molar-refractivity contribution is -0.121. The second-order valence-electron chi connectivity index (χ2n) is 4.18. The first kappa shape index (κ1) is 14.8.